The molecule has 0 radical (unpaired) electrons. The Bertz CT molecular complexity index is 5830. The molecule has 6 atom stereocenters. The van der Waals surface area contributed by atoms with Gasteiger partial charge in [0, 0.05) is 104 Å². The van der Waals surface area contributed by atoms with Crippen LogP contribution in [0.25, 0.3) is 39.0 Å². The van der Waals surface area contributed by atoms with Crippen LogP contribution in [0.1, 0.15) is 120 Å². The maximum atomic E-state index is 14.5. The number of aromatic carboxylic acids is 2. The van der Waals surface area contributed by atoms with Crippen molar-refractivity contribution >= 4 is 141 Å². The van der Waals surface area contributed by atoms with Gasteiger partial charge in [0.05, 0.1) is 36.0 Å². The van der Waals surface area contributed by atoms with E-state index in [4.69, 9.17) is 33.1 Å². The molecule has 0 saturated heterocycles. The van der Waals surface area contributed by atoms with Crippen LogP contribution in [0.2, 0.25) is 0 Å². The lowest BCUT2D eigenvalue weighted by atomic mass is 9.76. The van der Waals surface area contributed by atoms with Crippen LogP contribution in [0.4, 0.5) is 11.4 Å². The van der Waals surface area contributed by atoms with Crippen molar-refractivity contribution in [3.05, 3.63) is 207 Å². The Morgan fingerprint density at radius 3 is 1.77 bits per heavy atom. The fraction of sp³-hybridized carbons (Fsp3) is 0.326. The zero-order valence-electron chi connectivity index (χ0n) is 73.4. The Hall–Kier alpha value is -15.3. The van der Waals surface area contributed by atoms with E-state index in [1.807, 2.05) is 74.1 Å². The van der Waals surface area contributed by atoms with Crippen molar-refractivity contribution in [2.45, 2.75) is 115 Å². The molecule has 5 aromatic carbocycles. The number of carbonyl (C=O) groups excluding carboxylic acids is 13. The van der Waals surface area contributed by atoms with Gasteiger partial charge in [-0.05, 0) is 162 Å². The Morgan fingerprint density at radius 1 is 0.580 bits per heavy atom. The fourth-order valence-electron chi connectivity index (χ4n) is 14.6. The SMILES string of the molecule is CC(C)C[C@H](NC(=O)[C@@H](Cc1ccccc1)NC(=O)CNC(=O)CNC(=O)c1ccc(C2=C3C=CC(=O)C=C3Cc3cc(O)ccc32)c(C(=O)O)c1)C(=O)N[C@@H](CCCN=C(N)N)C(=O)N[C@@H](CCCN=C(N)N)C(=O)N[C@H](C(=O)N[C@@H](CS)C(=O)NCCC(N)=O)C(C)C.CN(C)c1ccc2c(-c3ccc(N4C(=O)C=CC4=O)cc3C(=O)O)c3ccc(=[N+](C)C)cc-3oc2c1. The molecule has 3 aliphatic carbocycles. The van der Waals surface area contributed by atoms with Gasteiger partial charge in [-0.15, -0.1) is 0 Å². The first-order valence-corrected chi connectivity index (χ1v) is 42.5. The topological polar surface area (TPSA) is 602 Å². The smallest absolute Gasteiger partial charge is 0.336 e. The normalized spacial score (nSPS) is 13.8. The summed E-state index contributed by atoms with van der Waals surface area (Å²) in [7, 11) is 7.74. The molecular formula is C92H108N19O19S+. The lowest BCUT2D eigenvalue weighted by Crippen LogP contribution is -2.60. The molecule has 2 heterocycles. The average Bonchev–Trinajstić information content (AvgIpc) is 1.01. The summed E-state index contributed by atoms with van der Waals surface area (Å²) in [5.74, 6) is -12.7. The number of imide groups is 1. The highest BCUT2D eigenvalue weighted by atomic mass is 32.1. The monoisotopic (exact) mass is 1810 g/mol. The molecular weight excluding hydrogens is 1710 g/mol. The fourth-order valence-corrected chi connectivity index (χ4v) is 14.9. The molecule has 39 heteroatoms. The third-order valence-corrected chi connectivity index (χ3v) is 21.5. The molecule has 2 aliphatic heterocycles. The van der Waals surface area contributed by atoms with Crippen molar-refractivity contribution in [1.82, 2.24) is 52.4 Å². The third-order valence-electron chi connectivity index (χ3n) is 21.2. The zero-order chi connectivity index (χ0) is 95.8. The van der Waals surface area contributed by atoms with Crippen molar-refractivity contribution in [3.8, 4) is 28.2 Å². The second-order valence-corrected chi connectivity index (χ2v) is 32.6. The number of amides is 12. The van der Waals surface area contributed by atoms with E-state index in [9.17, 15) is 87.2 Å². The number of thiol groups is 1. The van der Waals surface area contributed by atoms with Crippen LogP contribution in [0.3, 0.4) is 0 Å². The molecule has 0 spiro atoms. The second kappa shape index (κ2) is 45.9. The molecule has 5 aliphatic rings. The van der Waals surface area contributed by atoms with Crippen molar-refractivity contribution in [2.75, 3.05) is 76.5 Å². The number of benzene rings is 6. The van der Waals surface area contributed by atoms with Gasteiger partial charge in [0.25, 0.3) is 17.7 Å². The van der Waals surface area contributed by atoms with E-state index in [2.05, 4.69) is 70.5 Å². The highest BCUT2D eigenvalue weighted by molar-refractivity contribution is 7.80. The minimum atomic E-state index is -1.42. The summed E-state index contributed by atoms with van der Waals surface area (Å²) >= 11 is 4.18. The number of aromatic hydroxyl groups is 1. The predicted molar refractivity (Wildman–Crippen MR) is 494 cm³/mol. The number of nitrogens with zero attached hydrogens (tertiary/aromatic N) is 5. The van der Waals surface area contributed by atoms with E-state index in [0.717, 1.165) is 33.0 Å². The summed E-state index contributed by atoms with van der Waals surface area (Å²) in [4.78, 5) is 209. The molecule has 22 N–H and O–H groups in total. The summed E-state index contributed by atoms with van der Waals surface area (Å²) in [5, 5.41) is 55.7. The Balaban J connectivity index is 0.000000441. The predicted octanol–water partition coefficient (Wildman–Crippen LogP) is 1.67. The minimum absolute atomic E-state index is 0.00587. The number of fused-ring (bicyclic) bond motifs is 4. The van der Waals surface area contributed by atoms with Gasteiger partial charge < -0.3 is 101 Å². The van der Waals surface area contributed by atoms with Gasteiger partial charge in [-0.2, -0.15) is 12.6 Å². The number of nitrogens with two attached hydrogens (primary N) is 5. The molecule has 0 bridgehead atoms. The number of phenolic OH excluding ortho intramolecular Hbond substituents is 1. The van der Waals surface area contributed by atoms with Crippen LogP contribution >= 0.6 is 12.6 Å². The summed E-state index contributed by atoms with van der Waals surface area (Å²) in [5.41, 5.74) is 34.4. The maximum absolute atomic E-state index is 14.5. The van der Waals surface area contributed by atoms with Gasteiger partial charge >= 0.3 is 11.9 Å². The zero-order valence-corrected chi connectivity index (χ0v) is 74.3. The number of ketones is 1. The second-order valence-electron chi connectivity index (χ2n) is 32.2. The highest BCUT2D eigenvalue weighted by Crippen LogP contribution is 2.45. The molecule has 10 rings (SSSR count). The number of hydrogen-bond donors (Lipinski definition) is 18. The van der Waals surface area contributed by atoms with Crippen LogP contribution in [0, 0.1) is 11.8 Å². The van der Waals surface area contributed by atoms with Gasteiger partial charge in [0.2, 0.25) is 58.5 Å². The molecule has 690 valence electrons. The number of carbonyl (C=O) groups is 15. The van der Waals surface area contributed by atoms with Gasteiger partial charge in [-0.3, -0.25) is 72.3 Å². The Kier molecular flexibility index (Phi) is 34.9. The number of nitrogens with one attached hydrogen (secondary N) is 9. The van der Waals surface area contributed by atoms with Crippen LogP contribution < -0.4 is 96.3 Å². The molecule has 0 aromatic heterocycles. The van der Waals surface area contributed by atoms with E-state index < -0.39 is 138 Å². The van der Waals surface area contributed by atoms with Crippen molar-refractivity contribution in [3.63, 3.8) is 0 Å². The van der Waals surface area contributed by atoms with Gasteiger partial charge in [0.1, 0.15) is 67.4 Å². The van der Waals surface area contributed by atoms with Crippen LogP contribution in [-0.4, -0.2) is 219 Å². The number of rotatable bonds is 40. The summed E-state index contributed by atoms with van der Waals surface area (Å²) in [6.45, 7) is 5.36. The van der Waals surface area contributed by atoms with Crippen LogP contribution in [-0.2, 0) is 70.4 Å². The lowest BCUT2D eigenvalue weighted by molar-refractivity contribution is -0.136. The van der Waals surface area contributed by atoms with E-state index in [-0.39, 0.29) is 128 Å². The van der Waals surface area contributed by atoms with Gasteiger partial charge in [-0.25, -0.2) is 19.1 Å². The first-order valence-electron chi connectivity index (χ1n) is 41.9. The summed E-state index contributed by atoms with van der Waals surface area (Å²) < 4.78 is 8.28. The number of guanidine groups is 2. The van der Waals surface area contributed by atoms with Gasteiger partial charge in [-0.1, -0.05) is 82.3 Å². The molecule has 0 saturated carbocycles. The highest BCUT2D eigenvalue weighted by Gasteiger charge is 2.37. The minimum Gasteiger partial charge on any atom is -0.508 e. The number of aliphatic imine (C=N–C) groups is 2. The van der Waals surface area contributed by atoms with E-state index >= 15 is 0 Å². The Morgan fingerprint density at radius 2 is 1.17 bits per heavy atom. The van der Waals surface area contributed by atoms with E-state index in [0.29, 0.717) is 62.3 Å². The molecule has 5 aromatic rings. The first-order chi connectivity index (χ1) is 62.2. The van der Waals surface area contributed by atoms with Gasteiger partial charge in [0.15, 0.2) is 17.7 Å². The molecule has 12 amide bonds. The number of carboxylic acids is 2. The standard InChI is InChI=1S/C64H84N16O14S.C28H23N3O5/c1-33(2)24-47(59(90)77-45(12-8-21-71-63(66)67)57(88)76-46(13-9-22-72-64(68)69)58(89)80-54(34(3)4)61(92)79-49(32-95)56(87)70-23-20-50(65)83)78-60(91)48(25-35-10-6-5-7-11-35)75-52(85)31-73-51(84)30-74-55(86)36-14-17-43(44(29-36)62(93)94)53-41-18-15-39(81)27-37(41)26-38-28-40(82)16-19-42(38)53;1-29(2)16-5-9-20-23(14-16)36-24-15-17(30(3)4)6-10-21(24)27(20)19-8-7-18(13-22(19)28(34)35)31-25(32)11-12-26(31)33/h5-7,10-11,14-19,27-29,33-34,45-49,54,81,95H,8-9,12-13,20-26,30-32H2,1-4H3,(H2,65,83)(H,70,87)(H,73,84)(H,74,86)(H,75,85)(H,76,88)(H,77,90)(H,78,91)(H,79,92)(H,80,89)(H,93,94)(H4,66,67,71)(H4,68,69,72);5-15H,1-4H3/p+1/t45-,46-,47-,48+,49-,54-;/m0./s1. The quantitative estimate of drug-likeness (QED) is 0.00494. The number of allylic oxidation sites excluding steroid dienone is 5. The molecule has 0 unspecified atom stereocenters. The maximum Gasteiger partial charge on any atom is 0.336 e. The number of primary amides is 1. The number of hydrogen-bond acceptors (Lipinski definition) is 21. The van der Waals surface area contributed by atoms with Crippen molar-refractivity contribution in [1.29, 1.82) is 0 Å². The molecule has 38 nitrogen and oxygen atoms in total. The van der Waals surface area contributed by atoms with Crippen LogP contribution in [0.15, 0.2) is 177 Å². The molecule has 0 fully saturated rings. The van der Waals surface area contributed by atoms with Crippen molar-refractivity contribution in [2.24, 2.45) is 50.5 Å². The lowest BCUT2D eigenvalue weighted by Gasteiger charge is -2.29. The summed E-state index contributed by atoms with van der Waals surface area (Å²) in [6, 6.07) is 25.3. The van der Waals surface area contributed by atoms with E-state index in [1.54, 1.807) is 82.3 Å². The van der Waals surface area contributed by atoms with E-state index in [1.165, 1.54) is 54.6 Å². The van der Waals surface area contributed by atoms with Crippen molar-refractivity contribution < 1.29 is 91.7 Å². The largest absolute Gasteiger partial charge is 0.508 e. The third kappa shape index (κ3) is 27.1. The average molecular weight is 1820 g/mol. The number of carboxylic acid groups (broad SMARTS) is 2. The number of anilines is 2. The molecule has 131 heavy (non-hydrogen) atoms. The first kappa shape index (κ1) is 99.5. The summed E-state index contributed by atoms with van der Waals surface area (Å²) in [6.07, 6.45) is 6.79. The Labute approximate surface area is 759 Å². The van der Waals surface area contributed by atoms with Crippen LogP contribution in [0.5, 0.6) is 5.75 Å². The number of phenols is 1.